The fraction of sp³-hybridized carbons (Fsp3) is 0.316. The molecule has 160 valence electrons. The molecular weight excluding hydrogens is 415 g/mol. The van der Waals surface area contributed by atoms with Gasteiger partial charge in [0.15, 0.2) is 0 Å². The smallest absolute Gasteiger partial charge is 0.293 e. The Morgan fingerprint density at radius 2 is 1.90 bits per heavy atom. The summed E-state index contributed by atoms with van der Waals surface area (Å²) < 4.78 is 35.9. The molecule has 1 fully saturated rings. The van der Waals surface area contributed by atoms with Gasteiger partial charge in [-0.2, -0.15) is 0 Å². The van der Waals surface area contributed by atoms with Crippen molar-refractivity contribution in [2.75, 3.05) is 11.9 Å². The number of benzene rings is 2. The third kappa shape index (κ3) is 5.51. The number of nitrogens with zero attached hydrogens (tertiary/aromatic N) is 2. The van der Waals surface area contributed by atoms with Crippen LogP contribution in [0.3, 0.4) is 0 Å². The highest BCUT2D eigenvalue weighted by Gasteiger charge is 2.32. The van der Waals surface area contributed by atoms with Crippen LogP contribution >= 0.6 is 0 Å². The van der Waals surface area contributed by atoms with Crippen LogP contribution in [0.25, 0.3) is 0 Å². The second-order valence-electron chi connectivity index (χ2n) is 7.04. The van der Waals surface area contributed by atoms with Crippen LogP contribution in [-0.4, -0.2) is 36.7 Å². The van der Waals surface area contributed by atoms with E-state index in [4.69, 9.17) is 5.14 Å². The second kappa shape index (κ2) is 8.76. The van der Waals surface area contributed by atoms with Gasteiger partial charge in [-0.25, -0.2) is 17.9 Å². The lowest BCUT2D eigenvalue weighted by molar-refractivity contribution is -0.384. The maximum atomic E-state index is 13.1. The van der Waals surface area contributed by atoms with E-state index in [1.54, 1.807) is 17.0 Å². The summed E-state index contributed by atoms with van der Waals surface area (Å²) in [5.74, 6) is -0.472. The molecule has 0 aromatic heterocycles. The third-order valence-corrected chi connectivity index (χ3v) is 5.63. The number of anilines is 1. The lowest BCUT2D eigenvalue weighted by Crippen LogP contribution is -2.33. The van der Waals surface area contributed by atoms with E-state index in [1.807, 2.05) is 0 Å². The summed E-state index contributed by atoms with van der Waals surface area (Å²) >= 11 is 0. The van der Waals surface area contributed by atoms with Crippen molar-refractivity contribution >= 4 is 27.3 Å². The Hall–Kier alpha value is -3.05. The van der Waals surface area contributed by atoms with Gasteiger partial charge in [-0.05, 0) is 42.7 Å². The van der Waals surface area contributed by atoms with E-state index in [-0.39, 0.29) is 41.3 Å². The van der Waals surface area contributed by atoms with E-state index in [1.165, 1.54) is 18.2 Å². The standard InChI is InChI=1S/C19H21FN4O5S/c20-14-3-1-13(2-4-14)12-23(15-5-6-15)19(25)9-10-22-17-8-7-16(30(21,28)29)11-18(17)24(26)27/h1-4,7-8,11,15,22H,5-6,9-10,12H2,(H2,21,28,29). The number of nitro benzene ring substituents is 1. The van der Waals surface area contributed by atoms with Crippen molar-refractivity contribution in [3.8, 4) is 0 Å². The minimum absolute atomic E-state index is 0.0891. The normalized spacial score (nSPS) is 13.7. The van der Waals surface area contributed by atoms with Crippen LogP contribution in [-0.2, 0) is 21.4 Å². The Morgan fingerprint density at radius 3 is 2.47 bits per heavy atom. The topological polar surface area (TPSA) is 136 Å². The minimum atomic E-state index is -4.07. The SMILES string of the molecule is NS(=O)(=O)c1ccc(NCCC(=O)N(Cc2ccc(F)cc2)C2CC2)c([N+](=O)[O-])c1. The summed E-state index contributed by atoms with van der Waals surface area (Å²) in [4.78, 5) is 24.6. The number of primary sulfonamides is 1. The molecule has 2 aromatic carbocycles. The number of nitrogens with two attached hydrogens (primary N) is 1. The number of nitrogens with one attached hydrogen (secondary N) is 1. The van der Waals surface area contributed by atoms with Gasteiger partial charge in [0, 0.05) is 31.6 Å². The molecule has 0 atom stereocenters. The number of halogens is 1. The molecule has 1 aliphatic carbocycles. The minimum Gasteiger partial charge on any atom is -0.379 e. The van der Waals surface area contributed by atoms with Crippen molar-refractivity contribution in [1.82, 2.24) is 4.90 Å². The third-order valence-electron chi connectivity index (χ3n) is 4.72. The van der Waals surface area contributed by atoms with Crippen LogP contribution in [0, 0.1) is 15.9 Å². The molecular formula is C19H21FN4O5S. The van der Waals surface area contributed by atoms with E-state index in [2.05, 4.69) is 5.32 Å². The van der Waals surface area contributed by atoms with Crippen LogP contribution < -0.4 is 10.5 Å². The second-order valence-corrected chi connectivity index (χ2v) is 8.60. The Kier molecular flexibility index (Phi) is 6.32. The maximum absolute atomic E-state index is 13.1. The van der Waals surface area contributed by atoms with Gasteiger partial charge >= 0.3 is 0 Å². The average molecular weight is 436 g/mol. The van der Waals surface area contributed by atoms with Crippen LogP contribution in [0.15, 0.2) is 47.4 Å². The zero-order valence-electron chi connectivity index (χ0n) is 16.0. The molecule has 0 saturated heterocycles. The molecule has 0 aliphatic heterocycles. The van der Waals surface area contributed by atoms with Crippen molar-refractivity contribution < 1.29 is 22.5 Å². The van der Waals surface area contributed by atoms with Gasteiger partial charge in [0.25, 0.3) is 5.69 Å². The highest BCUT2D eigenvalue weighted by atomic mass is 32.2. The summed E-state index contributed by atoms with van der Waals surface area (Å²) in [5, 5.41) is 19.1. The molecule has 0 unspecified atom stereocenters. The Bertz CT molecular complexity index is 1060. The van der Waals surface area contributed by atoms with E-state index >= 15 is 0 Å². The first-order chi connectivity index (χ1) is 14.1. The molecule has 1 amide bonds. The van der Waals surface area contributed by atoms with Crippen molar-refractivity contribution in [3.05, 3.63) is 64.0 Å². The van der Waals surface area contributed by atoms with Gasteiger partial charge in [-0.1, -0.05) is 12.1 Å². The predicted octanol–water partition coefficient (Wildman–Crippen LogP) is 2.37. The van der Waals surface area contributed by atoms with Crippen LogP contribution in [0.4, 0.5) is 15.8 Å². The zero-order chi connectivity index (χ0) is 21.9. The molecule has 0 bridgehead atoms. The Morgan fingerprint density at radius 1 is 1.23 bits per heavy atom. The molecule has 0 heterocycles. The molecule has 2 aromatic rings. The fourth-order valence-electron chi connectivity index (χ4n) is 3.03. The summed E-state index contributed by atoms with van der Waals surface area (Å²) in [7, 11) is -4.07. The van der Waals surface area contributed by atoms with E-state index in [9.17, 15) is 27.7 Å². The Labute approximate surface area is 172 Å². The van der Waals surface area contributed by atoms with Gasteiger partial charge in [0.2, 0.25) is 15.9 Å². The van der Waals surface area contributed by atoms with Crippen LogP contribution in [0.5, 0.6) is 0 Å². The molecule has 9 nitrogen and oxygen atoms in total. The molecule has 0 spiro atoms. The van der Waals surface area contributed by atoms with E-state index in [0.29, 0.717) is 6.54 Å². The lowest BCUT2D eigenvalue weighted by atomic mass is 10.2. The van der Waals surface area contributed by atoms with Crippen LogP contribution in [0.1, 0.15) is 24.8 Å². The number of rotatable bonds is 9. The van der Waals surface area contributed by atoms with Crippen molar-refractivity contribution in [2.24, 2.45) is 5.14 Å². The predicted molar refractivity (Wildman–Crippen MR) is 108 cm³/mol. The van der Waals surface area contributed by atoms with Gasteiger partial charge in [0.05, 0.1) is 9.82 Å². The molecule has 1 saturated carbocycles. The molecule has 30 heavy (non-hydrogen) atoms. The van der Waals surface area contributed by atoms with Crippen molar-refractivity contribution in [1.29, 1.82) is 0 Å². The first kappa shape index (κ1) is 21.7. The zero-order valence-corrected chi connectivity index (χ0v) is 16.8. The van der Waals surface area contributed by atoms with Crippen molar-refractivity contribution in [2.45, 2.75) is 36.7 Å². The monoisotopic (exact) mass is 436 g/mol. The summed E-state index contributed by atoms with van der Waals surface area (Å²) in [6, 6.07) is 9.39. The highest BCUT2D eigenvalue weighted by molar-refractivity contribution is 7.89. The quantitative estimate of drug-likeness (QED) is 0.458. The maximum Gasteiger partial charge on any atom is 0.293 e. The van der Waals surface area contributed by atoms with Gasteiger partial charge in [-0.15, -0.1) is 0 Å². The van der Waals surface area contributed by atoms with Crippen LogP contribution in [0.2, 0.25) is 0 Å². The summed E-state index contributed by atoms with van der Waals surface area (Å²) in [6.07, 6.45) is 1.90. The van der Waals surface area contributed by atoms with E-state index in [0.717, 1.165) is 30.5 Å². The number of nitro groups is 1. The Balaban J connectivity index is 1.64. The largest absolute Gasteiger partial charge is 0.379 e. The lowest BCUT2D eigenvalue weighted by Gasteiger charge is -2.23. The first-order valence-corrected chi connectivity index (χ1v) is 10.8. The summed E-state index contributed by atoms with van der Waals surface area (Å²) in [6.45, 7) is 0.494. The highest BCUT2D eigenvalue weighted by Crippen LogP contribution is 2.30. The number of carbonyl (C=O) groups is 1. The van der Waals surface area contributed by atoms with E-state index < -0.39 is 20.6 Å². The average Bonchev–Trinajstić information content (AvgIpc) is 3.51. The molecule has 0 radical (unpaired) electrons. The number of carbonyl (C=O) groups excluding carboxylic acids is 1. The molecule has 3 N–H and O–H groups in total. The number of hydrogen-bond acceptors (Lipinski definition) is 6. The van der Waals surface area contributed by atoms with Crippen molar-refractivity contribution in [3.63, 3.8) is 0 Å². The molecule has 3 rings (SSSR count). The van der Waals surface area contributed by atoms with Gasteiger partial charge < -0.3 is 10.2 Å². The first-order valence-electron chi connectivity index (χ1n) is 9.24. The molecule has 11 heteroatoms. The number of sulfonamides is 1. The van der Waals surface area contributed by atoms with Gasteiger partial charge in [-0.3, -0.25) is 14.9 Å². The summed E-state index contributed by atoms with van der Waals surface area (Å²) in [5.41, 5.74) is 0.467. The fourth-order valence-corrected chi connectivity index (χ4v) is 3.56. The number of hydrogen-bond donors (Lipinski definition) is 2. The molecule has 1 aliphatic rings. The van der Waals surface area contributed by atoms with Gasteiger partial charge in [0.1, 0.15) is 11.5 Å². The number of amides is 1.